The lowest BCUT2D eigenvalue weighted by molar-refractivity contribution is 0.564. The Kier molecular flexibility index (Phi) is 7.35. The quantitative estimate of drug-likeness (QED) is 0.163. The molecule has 1 unspecified atom stereocenters. The molecule has 0 saturated heterocycles. The standard InChI is InChI=1S/C57H38N4O/c1-3-57(2)47-26-13-11-20-40(47)46-32-35(29-31-48(46)57)37-24-15-25-45-51-43-22-9-7-18-38(43)39-19-8-10-23-44(39)53(51)61(52(37)45)56-59-54(34-16-5-4-6-17-34)58-55(60-56)36-28-30-42-41-21-12-14-27-49(41)62-50(42)33-36/h4-33H,3H2,1-2H3. The fraction of sp³-hybridized carbons (Fsp3) is 0.0702. The zero-order valence-electron chi connectivity index (χ0n) is 34.2. The highest BCUT2D eigenvalue weighted by Crippen LogP contribution is 2.52. The summed E-state index contributed by atoms with van der Waals surface area (Å²) in [7, 11) is 0. The number of hydrogen-bond donors (Lipinski definition) is 0. The molecule has 292 valence electrons. The van der Waals surface area contributed by atoms with Gasteiger partial charge in [0.1, 0.15) is 11.2 Å². The van der Waals surface area contributed by atoms with E-state index in [-0.39, 0.29) is 5.41 Å². The van der Waals surface area contributed by atoms with E-state index in [2.05, 4.69) is 164 Å². The van der Waals surface area contributed by atoms with Crippen LogP contribution in [0.2, 0.25) is 0 Å². The molecule has 0 aliphatic heterocycles. The van der Waals surface area contributed by atoms with Crippen LogP contribution in [0.3, 0.4) is 0 Å². The minimum atomic E-state index is -0.0519. The van der Waals surface area contributed by atoms with Crippen molar-refractivity contribution in [3.63, 3.8) is 0 Å². The summed E-state index contributed by atoms with van der Waals surface area (Å²) >= 11 is 0. The largest absolute Gasteiger partial charge is 0.456 e. The lowest BCUT2D eigenvalue weighted by atomic mass is 9.78. The normalized spacial score (nSPS) is 14.7. The van der Waals surface area contributed by atoms with E-state index in [0.717, 1.165) is 72.4 Å². The van der Waals surface area contributed by atoms with E-state index in [1.165, 1.54) is 43.8 Å². The van der Waals surface area contributed by atoms with Gasteiger partial charge in [0.2, 0.25) is 5.95 Å². The van der Waals surface area contributed by atoms with Crippen LogP contribution in [-0.4, -0.2) is 19.5 Å². The molecule has 0 N–H and O–H groups in total. The van der Waals surface area contributed by atoms with Gasteiger partial charge in [-0.2, -0.15) is 9.97 Å². The predicted octanol–water partition coefficient (Wildman–Crippen LogP) is 14.9. The van der Waals surface area contributed by atoms with E-state index in [9.17, 15) is 0 Å². The fourth-order valence-corrected chi connectivity index (χ4v) is 10.5. The number of benzene rings is 9. The van der Waals surface area contributed by atoms with Crippen molar-refractivity contribution in [3.05, 3.63) is 193 Å². The molecule has 1 atom stereocenters. The highest BCUT2D eigenvalue weighted by Gasteiger charge is 2.38. The Hall–Kier alpha value is -7.89. The minimum Gasteiger partial charge on any atom is -0.456 e. The number of fused-ring (bicyclic) bond motifs is 14. The predicted molar refractivity (Wildman–Crippen MR) is 255 cm³/mol. The molecular formula is C57H38N4O. The van der Waals surface area contributed by atoms with Gasteiger partial charge in [-0.3, -0.25) is 4.57 Å². The van der Waals surface area contributed by atoms with Crippen LogP contribution in [0, 0.1) is 0 Å². The highest BCUT2D eigenvalue weighted by atomic mass is 16.3. The molecule has 1 aliphatic rings. The second-order valence-electron chi connectivity index (χ2n) is 16.8. The molecule has 5 nitrogen and oxygen atoms in total. The molecule has 3 aromatic heterocycles. The lowest BCUT2D eigenvalue weighted by Crippen LogP contribution is -2.18. The summed E-state index contributed by atoms with van der Waals surface area (Å²) < 4.78 is 8.72. The van der Waals surface area contributed by atoms with Gasteiger partial charge in [-0.05, 0) is 74.7 Å². The summed E-state index contributed by atoms with van der Waals surface area (Å²) in [5.74, 6) is 1.72. The molecule has 0 spiro atoms. The molecule has 62 heavy (non-hydrogen) atoms. The first kappa shape index (κ1) is 34.9. The van der Waals surface area contributed by atoms with Gasteiger partial charge < -0.3 is 4.42 Å². The summed E-state index contributed by atoms with van der Waals surface area (Å²) in [6.45, 7) is 4.69. The molecular weight excluding hydrogens is 757 g/mol. The average molecular weight is 795 g/mol. The second kappa shape index (κ2) is 13.1. The van der Waals surface area contributed by atoms with E-state index < -0.39 is 0 Å². The van der Waals surface area contributed by atoms with E-state index in [4.69, 9.17) is 19.4 Å². The third-order valence-corrected chi connectivity index (χ3v) is 13.6. The van der Waals surface area contributed by atoms with Crippen LogP contribution < -0.4 is 0 Å². The average Bonchev–Trinajstić information content (AvgIpc) is 3.98. The van der Waals surface area contributed by atoms with Crippen molar-refractivity contribution in [2.75, 3.05) is 0 Å². The van der Waals surface area contributed by atoms with Crippen molar-refractivity contribution in [2.24, 2.45) is 0 Å². The third kappa shape index (κ3) is 4.87. The summed E-state index contributed by atoms with van der Waals surface area (Å²) in [6, 6.07) is 65.0. The van der Waals surface area contributed by atoms with Crippen molar-refractivity contribution >= 4 is 65.3 Å². The Morgan fingerprint density at radius 2 is 1.05 bits per heavy atom. The fourth-order valence-electron chi connectivity index (χ4n) is 10.5. The molecule has 0 fully saturated rings. The highest BCUT2D eigenvalue weighted by molar-refractivity contribution is 6.33. The van der Waals surface area contributed by atoms with Crippen molar-refractivity contribution in [2.45, 2.75) is 25.7 Å². The Labute approximate surface area is 357 Å². The molecule has 3 heterocycles. The molecule has 0 saturated carbocycles. The van der Waals surface area contributed by atoms with Gasteiger partial charge in [0.05, 0.1) is 11.0 Å². The number of hydrogen-bond acceptors (Lipinski definition) is 4. The maximum Gasteiger partial charge on any atom is 0.238 e. The maximum absolute atomic E-state index is 6.40. The Balaban J connectivity index is 1.16. The number of rotatable bonds is 5. The Bertz CT molecular complexity index is 3820. The van der Waals surface area contributed by atoms with Gasteiger partial charge in [0.25, 0.3) is 0 Å². The molecule has 13 rings (SSSR count). The van der Waals surface area contributed by atoms with Crippen molar-refractivity contribution in [1.82, 2.24) is 19.5 Å². The van der Waals surface area contributed by atoms with Crippen LogP contribution in [0.4, 0.5) is 0 Å². The molecule has 1 aliphatic carbocycles. The smallest absolute Gasteiger partial charge is 0.238 e. The first-order chi connectivity index (χ1) is 30.6. The molecule has 9 aromatic carbocycles. The molecule has 12 aromatic rings. The van der Waals surface area contributed by atoms with Gasteiger partial charge in [-0.25, -0.2) is 4.98 Å². The monoisotopic (exact) mass is 794 g/mol. The van der Waals surface area contributed by atoms with Crippen LogP contribution in [0.25, 0.3) is 116 Å². The minimum absolute atomic E-state index is 0.0519. The van der Waals surface area contributed by atoms with Crippen LogP contribution >= 0.6 is 0 Å². The first-order valence-electron chi connectivity index (χ1n) is 21.4. The van der Waals surface area contributed by atoms with Gasteiger partial charge >= 0.3 is 0 Å². The first-order valence-corrected chi connectivity index (χ1v) is 21.4. The zero-order chi connectivity index (χ0) is 41.1. The molecule has 5 heteroatoms. The molecule has 0 radical (unpaired) electrons. The van der Waals surface area contributed by atoms with Crippen LogP contribution in [0.15, 0.2) is 186 Å². The van der Waals surface area contributed by atoms with Crippen molar-refractivity contribution in [1.29, 1.82) is 0 Å². The number of aromatic nitrogens is 4. The van der Waals surface area contributed by atoms with Crippen LogP contribution in [-0.2, 0) is 5.41 Å². The topological polar surface area (TPSA) is 56.7 Å². The number of para-hydroxylation sites is 2. The Morgan fingerprint density at radius 1 is 0.435 bits per heavy atom. The van der Waals surface area contributed by atoms with Crippen LogP contribution in [0.1, 0.15) is 31.4 Å². The maximum atomic E-state index is 6.40. The summed E-state index contributed by atoms with van der Waals surface area (Å²) in [5, 5.41) is 9.19. The van der Waals surface area contributed by atoms with Gasteiger partial charge in [0.15, 0.2) is 11.6 Å². The summed E-state index contributed by atoms with van der Waals surface area (Å²) in [4.78, 5) is 16.1. The zero-order valence-corrected chi connectivity index (χ0v) is 34.2. The summed E-state index contributed by atoms with van der Waals surface area (Å²) in [6.07, 6.45) is 1.02. The number of nitrogens with zero attached hydrogens (tertiary/aromatic N) is 4. The van der Waals surface area contributed by atoms with E-state index in [1.54, 1.807) is 0 Å². The lowest BCUT2D eigenvalue weighted by Gasteiger charge is -2.25. The van der Waals surface area contributed by atoms with Crippen molar-refractivity contribution in [3.8, 4) is 51.0 Å². The van der Waals surface area contributed by atoms with Gasteiger partial charge in [-0.15, -0.1) is 0 Å². The number of furan rings is 1. The molecule has 0 amide bonds. The third-order valence-electron chi connectivity index (χ3n) is 13.6. The molecule has 0 bridgehead atoms. The van der Waals surface area contributed by atoms with E-state index >= 15 is 0 Å². The Morgan fingerprint density at radius 3 is 1.87 bits per heavy atom. The second-order valence-corrected chi connectivity index (χ2v) is 16.8. The SMILES string of the molecule is CCC1(C)c2ccccc2-c2cc(-c3cccc4c5c6ccccc6c6ccccc6c5n(-c5nc(-c6ccccc6)nc(-c6ccc7c(c6)oc6ccccc67)n5)c34)ccc21. The van der Waals surface area contributed by atoms with Crippen molar-refractivity contribution < 1.29 is 4.42 Å². The van der Waals surface area contributed by atoms with Gasteiger partial charge in [-0.1, -0.05) is 172 Å². The van der Waals surface area contributed by atoms with E-state index in [1.807, 2.05) is 36.4 Å². The van der Waals surface area contributed by atoms with Gasteiger partial charge in [0, 0.05) is 49.0 Å². The summed E-state index contributed by atoms with van der Waals surface area (Å²) in [5.41, 5.74) is 13.1. The van der Waals surface area contributed by atoms with E-state index in [0.29, 0.717) is 17.6 Å². The van der Waals surface area contributed by atoms with Crippen LogP contribution in [0.5, 0.6) is 0 Å².